The van der Waals surface area contributed by atoms with E-state index in [1.165, 1.54) is 11.3 Å². The second kappa shape index (κ2) is 8.45. The van der Waals surface area contributed by atoms with Crippen molar-refractivity contribution in [3.8, 4) is 22.9 Å². The van der Waals surface area contributed by atoms with Gasteiger partial charge in [-0.3, -0.25) is 4.79 Å². The quantitative estimate of drug-likeness (QED) is 0.595. The summed E-state index contributed by atoms with van der Waals surface area (Å²) in [5.74, 6) is 0.934. The molecule has 0 radical (unpaired) electrons. The van der Waals surface area contributed by atoms with E-state index in [1.54, 1.807) is 12.2 Å². The number of anilines is 1. The van der Waals surface area contributed by atoms with Crippen LogP contribution in [0.4, 0.5) is 5.13 Å². The molecule has 30 heavy (non-hydrogen) atoms. The molecule has 9 heteroatoms. The van der Waals surface area contributed by atoms with Crippen LogP contribution in [0.1, 0.15) is 26.7 Å². The fourth-order valence-electron chi connectivity index (χ4n) is 3.47. The molecule has 158 valence electrons. The Labute approximate surface area is 179 Å². The van der Waals surface area contributed by atoms with Gasteiger partial charge in [-0.2, -0.15) is 0 Å². The number of nitrogens with two attached hydrogens (primary N) is 1. The van der Waals surface area contributed by atoms with Crippen molar-refractivity contribution in [3.05, 3.63) is 29.6 Å². The van der Waals surface area contributed by atoms with E-state index in [-0.39, 0.29) is 11.9 Å². The zero-order chi connectivity index (χ0) is 21.3. The number of nitrogens with zero attached hydrogens (tertiary/aromatic N) is 3. The van der Waals surface area contributed by atoms with E-state index in [2.05, 4.69) is 24.1 Å². The summed E-state index contributed by atoms with van der Waals surface area (Å²) in [4.78, 5) is 27.4. The van der Waals surface area contributed by atoms with Crippen LogP contribution in [-0.2, 0) is 4.79 Å². The van der Waals surface area contributed by atoms with Crippen LogP contribution in [0.25, 0.3) is 22.3 Å². The number of carbonyl (C=O) groups is 1. The molecule has 3 N–H and O–H groups in total. The average Bonchev–Trinajstić information content (AvgIpc) is 3.36. The topological polar surface area (TPSA) is 103 Å². The molecule has 1 saturated heterocycles. The summed E-state index contributed by atoms with van der Waals surface area (Å²) in [6, 6.07) is 7.34. The Morgan fingerprint density at radius 1 is 1.30 bits per heavy atom. The van der Waals surface area contributed by atoms with Gasteiger partial charge in [0.15, 0.2) is 10.9 Å². The van der Waals surface area contributed by atoms with Crippen molar-refractivity contribution in [2.45, 2.75) is 38.8 Å². The average molecular weight is 428 g/mol. The molecule has 1 aromatic carbocycles. The Balaban J connectivity index is 1.76. The second-order valence-electron chi connectivity index (χ2n) is 7.52. The zero-order valence-corrected chi connectivity index (χ0v) is 18.0. The summed E-state index contributed by atoms with van der Waals surface area (Å²) in [7, 11) is 1.62. The smallest absolute Gasteiger partial charge is 0.238 e. The van der Waals surface area contributed by atoms with Crippen molar-refractivity contribution in [3.63, 3.8) is 0 Å². The third-order valence-corrected chi connectivity index (χ3v) is 5.68. The van der Waals surface area contributed by atoms with Crippen molar-refractivity contribution < 1.29 is 14.4 Å². The molecule has 1 amide bonds. The summed E-state index contributed by atoms with van der Waals surface area (Å²) in [5, 5.41) is 8.60. The number of thiazole rings is 1. The number of hydrogen-bond acceptors (Lipinski definition) is 8. The van der Waals surface area contributed by atoms with E-state index in [0.29, 0.717) is 30.2 Å². The van der Waals surface area contributed by atoms with Crippen LogP contribution in [0.2, 0.25) is 0 Å². The monoisotopic (exact) mass is 427 g/mol. The first kappa shape index (κ1) is 20.4. The molecular formula is C21H25N5O3S. The molecule has 1 aliphatic heterocycles. The number of pyridine rings is 1. The molecule has 2 aromatic heterocycles. The summed E-state index contributed by atoms with van der Waals surface area (Å²) in [5.41, 5.74) is 7.72. The van der Waals surface area contributed by atoms with E-state index in [1.807, 2.05) is 29.6 Å². The first-order valence-corrected chi connectivity index (χ1v) is 10.8. The predicted molar refractivity (Wildman–Crippen MR) is 118 cm³/mol. The lowest BCUT2D eigenvalue weighted by Gasteiger charge is -2.23. The first-order chi connectivity index (χ1) is 14.4. The lowest BCUT2D eigenvalue weighted by atomic mass is 10.1. The normalized spacial score (nSPS) is 16.9. The molecule has 0 saturated carbocycles. The van der Waals surface area contributed by atoms with Gasteiger partial charge in [0.1, 0.15) is 17.5 Å². The van der Waals surface area contributed by atoms with Gasteiger partial charge in [-0.25, -0.2) is 9.97 Å². The zero-order valence-electron chi connectivity index (χ0n) is 17.2. The minimum atomic E-state index is -0.434. The lowest BCUT2D eigenvalue weighted by molar-refractivity contribution is -0.135. The number of rotatable bonds is 7. The van der Waals surface area contributed by atoms with Gasteiger partial charge in [0.2, 0.25) is 5.91 Å². The molecule has 8 nitrogen and oxygen atoms in total. The molecule has 3 heterocycles. The Morgan fingerprint density at radius 2 is 2.13 bits per heavy atom. The molecule has 1 atom stereocenters. The number of aromatic nitrogens is 2. The van der Waals surface area contributed by atoms with Gasteiger partial charge < -0.3 is 20.6 Å². The highest BCUT2D eigenvalue weighted by Gasteiger charge is 2.31. The van der Waals surface area contributed by atoms with Gasteiger partial charge in [0.05, 0.1) is 18.3 Å². The summed E-state index contributed by atoms with van der Waals surface area (Å²) in [6.07, 6.45) is 1.54. The highest BCUT2D eigenvalue weighted by atomic mass is 32.1. The van der Waals surface area contributed by atoms with Gasteiger partial charge in [-0.05, 0) is 38.8 Å². The predicted octanol–water partition coefficient (Wildman–Crippen LogP) is 3.43. The van der Waals surface area contributed by atoms with Gasteiger partial charge in [0.25, 0.3) is 0 Å². The van der Waals surface area contributed by atoms with E-state index < -0.39 is 6.04 Å². The van der Waals surface area contributed by atoms with Crippen LogP contribution in [-0.4, -0.2) is 46.7 Å². The number of hydrogen-bond donors (Lipinski definition) is 2. The van der Waals surface area contributed by atoms with Crippen molar-refractivity contribution in [2.75, 3.05) is 19.0 Å². The van der Waals surface area contributed by atoms with Crippen molar-refractivity contribution in [1.29, 1.82) is 0 Å². The molecular weight excluding hydrogens is 402 g/mol. The van der Waals surface area contributed by atoms with Gasteiger partial charge in [-0.15, -0.1) is 16.4 Å². The van der Waals surface area contributed by atoms with Crippen molar-refractivity contribution in [2.24, 2.45) is 5.73 Å². The summed E-state index contributed by atoms with van der Waals surface area (Å²) < 4.78 is 5.36. The number of methoxy groups -OCH3 is 1. The molecule has 0 spiro atoms. The fourth-order valence-corrected chi connectivity index (χ4v) is 4.33. The Hall–Kier alpha value is -2.91. The SMILES string of the molecule is COc1ccc2c(ON3CCCC3C(N)=O)cc(-c3csc(NC(C)C)n3)nc2c1. The second-order valence-corrected chi connectivity index (χ2v) is 8.38. The minimum absolute atomic E-state index is 0.289. The highest BCUT2D eigenvalue weighted by Crippen LogP contribution is 2.34. The first-order valence-electron chi connectivity index (χ1n) is 9.89. The van der Waals surface area contributed by atoms with Crippen LogP contribution < -0.4 is 20.6 Å². The van der Waals surface area contributed by atoms with E-state index in [0.717, 1.165) is 28.1 Å². The van der Waals surface area contributed by atoms with E-state index >= 15 is 0 Å². The number of nitrogens with one attached hydrogen (secondary N) is 1. The largest absolute Gasteiger partial charge is 0.497 e. The molecule has 1 aliphatic rings. The number of benzene rings is 1. The van der Waals surface area contributed by atoms with Crippen LogP contribution in [0.3, 0.4) is 0 Å². The van der Waals surface area contributed by atoms with Gasteiger partial charge >= 0.3 is 0 Å². The number of amides is 1. The third-order valence-electron chi connectivity index (χ3n) is 4.91. The third kappa shape index (κ3) is 4.17. The van der Waals surface area contributed by atoms with Crippen LogP contribution >= 0.6 is 11.3 Å². The van der Waals surface area contributed by atoms with Crippen LogP contribution in [0, 0.1) is 0 Å². The van der Waals surface area contributed by atoms with Crippen LogP contribution in [0.15, 0.2) is 29.6 Å². The van der Waals surface area contributed by atoms with E-state index in [4.69, 9.17) is 20.3 Å². The highest BCUT2D eigenvalue weighted by molar-refractivity contribution is 7.14. The van der Waals surface area contributed by atoms with Crippen LogP contribution in [0.5, 0.6) is 11.5 Å². The summed E-state index contributed by atoms with van der Waals surface area (Å²) in [6.45, 7) is 4.78. The van der Waals surface area contributed by atoms with Crippen molar-refractivity contribution in [1.82, 2.24) is 15.0 Å². The van der Waals surface area contributed by atoms with E-state index in [9.17, 15) is 4.79 Å². The Morgan fingerprint density at radius 3 is 2.87 bits per heavy atom. The van der Waals surface area contributed by atoms with Gasteiger partial charge in [-0.1, -0.05) is 0 Å². The van der Waals surface area contributed by atoms with Crippen molar-refractivity contribution >= 4 is 33.3 Å². The molecule has 0 bridgehead atoms. The standard InChI is InChI=1S/C21H25N5O3S/c1-12(2)23-21-25-17(11-30-21)16-10-19(29-26-8-4-5-18(26)20(22)27)14-7-6-13(28-3)9-15(14)24-16/h6-7,9-12,18H,4-5,8H2,1-3H3,(H2,22,27)(H,23,25). The number of ether oxygens (including phenoxy) is 1. The molecule has 3 aromatic rings. The maximum Gasteiger partial charge on any atom is 0.238 e. The number of hydroxylamine groups is 2. The molecule has 1 unspecified atom stereocenters. The van der Waals surface area contributed by atoms with Gasteiger partial charge in [0, 0.05) is 35.5 Å². The maximum atomic E-state index is 11.8. The fraction of sp³-hybridized carbons (Fsp3) is 0.381. The number of carbonyl (C=O) groups excluding carboxylic acids is 1. The summed E-state index contributed by atoms with van der Waals surface area (Å²) >= 11 is 1.53. The molecule has 0 aliphatic carbocycles. The lowest BCUT2D eigenvalue weighted by Crippen LogP contribution is -2.42. The maximum absolute atomic E-state index is 11.8. The minimum Gasteiger partial charge on any atom is -0.497 e. The number of primary amides is 1. The molecule has 1 fully saturated rings. The molecule has 4 rings (SSSR count). The Kier molecular flexibility index (Phi) is 5.74. The number of fused-ring (bicyclic) bond motifs is 1. The Bertz CT molecular complexity index is 1070.